The fraction of sp³-hybridized carbons (Fsp3) is 0.346. The zero-order chi connectivity index (χ0) is 22.8. The summed E-state index contributed by atoms with van der Waals surface area (Å²) in [7, 11) is 1.59. The van der Waals surface area contributed by atoms with E-state index in [9.17, 15) is 4.79 Å². The van der Waals surface area contributed by atoms with Crippen molar-refractivity contribution in [3.8, 4) is 22.9 Å². The van der Waals surface area contributed by atoms with Gasteiger partial charge in [0.2, 0.25) is 0 Å². The standard InChI is InChI=1S/C26H29N3O4/c1-3-32-19-10-11-21-20(17-19)27-26(24-9-6-14-29(21)24)12-15-28(16-13-26)25(30)18-33-23-8-5-4-7-22(23)31-2/h4-11,14,17,27H,3,12-13,15-16,18H2,1-2H3. The highest BCUT2D eigenvalue weighted by molar-refractivity contribution is 5.78. The molecule has 7 nitrogen and oxygen atoms in total. The van der Waals surface area contributed by atoms with Crippen LogP contribution in [-0.2, 0) is 10.3 Å². The molecule has 0 bridgehead atoms. The van der Waals surface area contributed by atoms with Crippen LogP contribution in [0.2, 0.25) is 0 Å². The molecule has 2 aliphatic heterocycles. The molecule has 172 valence electrons. The topological polar surface area (TPSA) is 65.0 Å². The highest BCUT2D eigenvalue weighted by Gasteiger charge is 2.42. The van der Waals surface area contributed by atoms with Crippen molar-refractivity contribution in [2.24, 2.45) is 0 Å². The number of likely N-dealkylation sites (tertiary alicyclic amines) is 1. The van der Waals surface area contributed by atoms with Crippen LogP contribution in [0.15, 0.2) is 60.8 Å². The number of amides is 1. The van der Waals surface area contributed by atoms with Gasteiger partial charge in [-0.1, -0.05) is 12.1 Å². The fourth-order valence-corrected chi connectivity index (χ4v) is 4.87. The van der Waals surface area contributed by atoms with Crippen LogP contribution in [0.4, 0.5) is 5.69 Å². The van der Waals surface area contributed by atoms with Crippen molar-refractivity contribution in [3.05, 3.63) is 66.5 Å². The number of methoxy groups -OCH3 is 1. The van der Waals surface area contributed by atoms with E-state index in [0.29, 0.717) is 31.2 Å². The summed E-state index contributed by atoms with van der Waals surface area (Å²) in [4.78, 5) is 14.8. The van der Waals surface area contributed by atoms with Crippen molar-refractivity contribution in [1.29, 1.82) is 0 Å². The van der Waals surface area contributed by atoms with E-state index in [1.165, 1.54) is 5.69 Å². The van der Waals surface area contributed by atoms with E-state index in [1.54, 1.807) is 7.11 Å². The first-order valence-corrected chi connectivity index (χ1v) is 11.4. The van der Waals surface area contributed by atoms with Gasteiger partial charge in [-0.05, 0) is 56.2 Å². The van der Waals surface area contributed by atoms with E-state index in [0.717, 1.165) is 30.0 Å². The summed E-state index contributed by atoms with van der Waals surface area (Å²) in [6.07, 6.45) is 3.74. The Labute approximate surface area is 193 Å². The average Bonchev–Trinajstić information content (AvgIpc) is 3.35. The third-order valence-electron chi connectivity index (χ3n) is 6.54. The van der Waals surface area contributed by atoms with Gasteiger partial charge >= 0.3 is 0 Å². The van der Waals surface area contributed by atoms with Crippen molar-refractivity contribution in [1.82, 2.24) is 9.47 Å². The SMILES string of the molecule is CCOc1ccc2c(c1)NC1(CCN(C(=O)COc3ccccc3OC)CC1)c1cccn1-2. The molecule has 2 aliphatic rings. The average molecular weight is 448 g/mol. The molecule has 0 aliphatic carbocycles. The Morgan fingerprint density at radius 2 is 1.82 bits per heavy atom. The molecule has 1 saturated heterocycles. The largest absolute Gasteiger partial charge is 0.494 e. The zero-order valence-corrected chi connectivity index (χ0v) is 19.0. The smallest absolute Gasteiger partial charge is 0.260 e. The number of ether oxygens (including phenoxy) is 3. The molecule has 0 radical (unpaired) electrons. The predicted octanol–water partition coefficient (Wildman–Crippen LogP) is 4.21. The van der Waals surface area contributed by atoms with Crippen molar-refractivity contribution >= 4 is 11.6 Å². The summed E-state index contributed by atoms with van der Waals surface area (Å²) in [5.41, 5.74) is 3.19. The third-order valence-corrected chi connectivity index (χ3v) is 6.54. The van der Waals surface area contributed by atoms with Crippen molar-refractivity contribution in [3.63, 3.8) is 0 Å². The molecule has 0 saturated carbocycles. The summed E-state index contributed by atoms with van der Waals surface area (Å²) >= 11 is 0. The summed E-state index contributed by atoms with van der Waals surface area (Å²) in [6, 6.07) is 17.8. The molecular weight excluding hydrogens is 418 g/mol. The lowest BCUT2D eigenvalue weighted by Crippen LogP contribution is -2.51. The van der Waals surface area contributed by atoms with Gasteiger partial charge < -0.3 is 29.0 Å². The maximum atomic E-state index is 12.9. The molecule has 7 heteroatoms. The maximum absolute atomic E-state index is 12.9. The molecule has 33 heavy (non-hydrogen) atoms. The highest BCUT2D eigenvalue weighted by Crippen LogP contribution is 2.44. The van der Waals surface area contributed by atoms with Crippen LogP contribution >= 0.6 is 0 Å². The van der Waals surface area contributed by atoms with E-state index in [1.807, 2.05) is 42.2 Å². The van der Waals surface area contributed by atoms with Gasteiger partial charge in [0.1, 0.15) is 5.75 Å². The molecule has 1 N–H and O–H groups in total. The minimum atomic E-state index is -0.221. The molecule has 1 spiro atoms. The third kappa shape index (κ3) is 3.88. The van der Waals surface area contributed by atoms with Crippen molar-refractivity contribution < 1.29 is 19.0 Å². The van der Waals surface area contributed by atoms with Gasteiger partial charge in [-0.15, -0.1) is 0 Å². The Morgan fingerprint density at radius 1 is 1.03 bits per heavy atom. The predicted molar refractivity (Wildman–Crippen MR) is 127 cm³/mol. The highest BCUT2D eigenvalue weighted by atomic mass is 16.5. The van der Waals surface area contributed by atoms with E-state index in [-0.39, 0.29) is 18.1 Å². The number of rotatable bonds is 6. The number of piperidine rings is 1. The van der Waals surface area contributed by atoms with Crippen LogP contribution in [0.25, 0.3) is 5.69 Å². The van der Waals surface area contributed by atoms with Gasteiger partial charge in [0.05, 0.1) is 30.6 Å². The minimum Gasteiger partial charge on any atom is -0.494 e. The molecule has 1 amide bonds. The number of hydrogen-bond acceptors (Lipinski definition) is 5. The molecule has 0 atom stereocenters. The second-order valence-corrected chi connectivity index (χ2v) is 8.40. The van der Waals surface area contributed by atoms with Gasteiger partial charge in [-0.2, -0.15) is 0 Å². The Morgan fingerprint density at radius 3 is 2.58 bits per heavy atom. The number of nitrogens with zero attached hydrogens (tertiary/aromatic N) is 2. The zero-order valence-electron chi connectivity index (χ0n) is 19.0. The Hall–Kier alpha value is -3.61. The lowest BCUT2D eigenvalue weighted by atomic mass is 9.82. The minimum absolute atomic E-state index is 0.00225. The number of benzene rings is 2. The summed E-state index contributed by atoms with van der Waals surface area (Å²) in [5.74, 6) is 2.05. The molecular formula is C26H29N3O4. The summed E-state index contributed by atoms with van der Waals surface area (Å²) in [5, 5.41) is 3.80. The maximum Gasteiger partial charge on any atom is 0.260 e. The fourth-order valence-electron chi connectivity index (χ4n) is 4.87. The van der Waals surface area contributed by atoms with Crippen molar-refractivity contribution in [2.45, 2.75) is 25.3 Å². The van der Waals surface area contributed by atoms with E-state index in [2.05, 4.69) is 40.3 Å². The van der Waals surface area contributed by atoms with Gasteiger partial charge in [0, 0.05) is 31.0 Å². The first kappa shape index (κ1) is 21.2. The van der Waals surface area contributed by atoms with Crippen LogP contribution < -0.4 is 19.5 Å². The van der Waals surface area contributed by atoms with Gasteiger partial charge in [0.25, 0.3) is 5.91 Å². The van der Waals surface area contributed by atoms with Crippen LogP contribution in [0, 0.1) is 0 Å². The second-order valence-electron chi connectivity index (χ2n) is 8.40. The van der Waals surface area contributed by atoms with Crippen LogP contribution in [0.1, 0.15) is 25.5 Å². The van der Waals surface area contributed by atoms with Crippen LogP contribution in [-0.4, -0.2) is 48.8 Å². The monoisotopic (exact) mass is 447 g/mol. The Balaban J connectivity index is 1.29. The number of hydrogen-bond donors (Lipinski definition) is 1. The number of carbonyl (C=O) groups is 1. The lowest BCUT2D eigenvalue weighted by molar-refractivity contribution is -0.134. The van der Waals surface area contributed by atoms with Gasteiger partial charge in [-0.25, -0.2) is 0 Å². The number of anilines is 1. The van der Waals surface area contributed by atoms with Crippen LogP contribution in [0.3, 0.4) is 0 Å². The van der Waals surface area contributed by atoms with Gasteiger partial charge in [-0.3, -0.25) is 4.79 Å². The first-order valence-electron chi connectivity index (χ1n) is 11.4. The lowest BCUT2D eigenvalue weighted by Gasteiger charge is -2.46. The van der Waals surface area contributed by atoms with Crippen LogP contribution in [0.5, 0.6) is 17.2 Å². The number of nitrogens with one attached hydrogen (secondary N) is 1. The van der Waals surface area contributed by atoms with E-state index >= 15 is 0 Å². The molecule has 5 rings (SSSR count). The molecule has 0 unspecified atom stereocenters. The summed E-state index contributed by atoms with van der Waals surface area (Å²) < 4.78 is 19.0. The number of fused-ring (bicyclic) bond motifs is 4. The Kier molecular flexibility index (Phi) is 5.62. The number of carbonyl (C=O) groups excluding carboxylic acids is 1. The molecule has 3 heterocycles. The molecule has 2 aromatic carbocycles. The molecule has 1 aromatic heterocycles. The first-order chi connectivity index (χ1) is 16.1. The van der Waals surface area contributed by atoms with E-state index in [4.69, 9.17) is 14.2 Å². The van der Waals surface area contributed by atoms with Gasteiger partial charge in [0.15, 0.2) is 18.1 Å². The normalized spacial score (nSPS) is 15.9. The quantitative estimate of drug-likeness (QED) is 0.613. The Bertz CT molecular complexity index is 1150. The van der Waals surface area contributed by atoms with Crippen molar-refractivity contribution in [2.75, 3.05) is 38.7 Å². The number of para-hydroxylation sites is 2. The number of aromatic nitrogens is 1. The second kappa shape index (κ2) is 8.73. The molecule has 3 aromatic rings. The molecule has 1 fully saturated rings. The van der Waals surface area contributed by atoms with E-state index < -0.39 is 0 Å². The summed E-state index contributed by atoms with van der Waals surface area (Å²) in [6.45, 7) is 3.94.